The number of hydrogen-bond acceptors (Lipinski definition) is 6. The molecule has 0 atom stereocenters. The zero-order valence-corrected chi connectivity index (χ0v) is 31.1. The summed E-state index contributed by atoms with van der Waals surface area (Å²) < 4.78 is 4.42. The van der Waals surface area contributed by atoms with Crippen LogP contribution in [0.4, 0.5) is 11.4 Å². The van der Waals surface area contributed by atoms with Crippen LogP contribution in [-0.4, -0.2) is 40.5 Å². The van der Waals surface area contributed by atoms with Crippen molar-refractivity contribution >= 4 is 44.9 Å². The normalized spacial score (nSPS) is 12.3. The van der Waals surface area contributed by atoms with Crippen molar-refractivity contribution in [1.82, 2.24) is 29.1 Å². The summed E-state index contributed by atoms with van der Waals surface area (Å²) in [4.78, 5) is 29.9. The monoisotopic (exact) mass is 744 g/mol. The molecule has 8 heteroatoms. The molecule has 8 nitrogen and oxygen atoms in total. The molecule has 0 unspecified atom stereocenters. The number of rotatable bonds is 6. The Hall–Kier alpha value is -8.10. The first kappa shape index (κ1) is 33.3. The Bertz CT molecular complexity index is 2980. The first-order valence-electron chi connectivity index (χ1n) is 19.1. The lowest BCUT2D eigenvalue weighted by Crippen LogP contribution is -2.11. The van der Waals surface area contributed by atoms with Gasteiger partial charge in [-0.05, 0) is 60.7 Å². The van der Waals surface area contributed by atoms with Crippen LogP contribution < -0.4 is 0 Å². The third-order valence-electron chi connectivity index (χ3n) is 10.6. The van der Waals surface area contributed by atoms with Gasteiger partial charge in [-0.25, -0.2) is 20.0 Å². The zero-order chi connectivity index (χ0) is 38.4. The standard InChI is InChI=1S/C50H32N8/c1-3-11-37(12-4-1)57-45-17-9-7-15-43(45)55-49(57)35-23-19-33(20-24-35)47-39-31-51-29-27-41(39)54-48(40-32-52-30-28-42(40)53-47)34-21-25-36(26-22-34)50-56-44-16-8-10-18-46(44)58(50)38-13-5-2-6-14-38/h1-32H. The lowest BCUT2D eigenvalue weighted by molar-refractivity contribution is 1.10. The molecule has 1 aliphatic heterocycles. The van der Waals surface area contributed by atoms with Gasteiger partial charge < -0.3 is 0 Å². The third kappa shape index (κ3) is 5.70. The van der Waals surface area contributed by atoms with Crippen molar-refractivity contribution in [3.8, 4) is 34.2 Å². The summed E-state index contributed by atoms with van der Waals surface area (Å²) in [5.74, 6) is 1.74. The average Bonchev–Trinajstić information content (AvgIpc) is 3.88. The van der Waals surface area contributed by atoms with Crippen LogP contribution in [0.1, 0.15) is 22.3 Å². The lowest BCUT2D eigenvalue weighted by atomic mass is 9.97. The average molecular weight is 745 g/mol. The highest BCUT2D eigenvalue weighted by Crippen LogP contribution is 2.35. The Kier molecular flexibility index (Phi) is 7.96. The maximum Gasteiger partial charge on any atom is 0.145 e. The van der Waals surface area contributed by atoms with Crippen molar-refractivity contribution in [2.45, 2.75) is 0 Å². The fraction of sp³-hybridized carbons (Fsp3) is 0. The smallest absolute Gasteiger partial charge is 0.145 e. The molecule has 272 valence electrons. The van der Waals surface area contributed by atoms with Crippen molar-refractivity contribution in [3.63, 3.8) is 0 Å². The summed E-state index contributed by atoms with van der Waals surface area (Å²) in [6.07, 6.45) is 7.25. The van der Waals surface area contributed by atoms with Crippen molar-refractivity contribution in [3.05, 3.63) is 217 Å². The molecule has 6 aromatic carbocycles. The highest BCUT2D eigenvalue weighted by Gasteiger charge is 2.22. The summed E-state index contributed by atoms with van der Waals surface area (Å²) in [5.41, 5.74) is 14.7. The Morgan fingerprint density at radius 1 is 0.345 bits per heavy atom. The van der Waals surface area contributed by atoms with E-state index < -0.39 is 0 Å². The molecule has 0 amide bonds. The predicted octanol–water partition coefficient (Wildman–Crippen LogP) is 11.1. The van der Waals surface area contributed by atoms with Gasteiger partial charge in [0.25, 0.3) is 0 Å². The number of pyridine rings is 2. The SMILES string of the molecule is c1ccc(-n2c(-c3ccc(C4=Nc5ccncc5C(c5ccc(-c6nc7ccccc7n6-c6ccccc6)cc5)=Nc5ccncc54)cc3)nc3ccccc32)cc1. The van der Waals surface area contributed by atoms with E-state index in [1.54, 1.807) is 12.4 Å². The topological polar surface area (TPSA) is 86.1 Å². The molecule has 0 saturated carbocycles. The number of imidazole rings is 2. The minimum Gasteiger partial charge on any atom is -0.292 e. The molecule has 0 saturated heterocycles. The summed E-state index contributed by atoms with van der Waals surface area (Å²) >= 11 is 0. The van der Waals surface area contributed by atoms with Crippen LogP contribution in [-0.2, 0) is 0 Å². The lowest BCUT2D eigenvalue weighted by Gasteiger charge is -2.18. The van der Waals surface area contributed by atoms with E-state index in [0.717, 1.165) is 101 Å². The number of aliphatic imine (C=N–C) groups is 2. The molecule has 0 fully saturated rings. The van der Waals surface area contributed by atoms with Gasteiger partial charge in [0.1, 0.15) is 11.6 Å². The second-order valence-electron chi connectivity index (χ2n) is 14.1. The van der Waals surface area contributed by atoms with E-state index in [-0.39, 0.29) is 0 Å². The molecule has 4 aromatic heterocycles. The van der Waals surface area contributed by atoms with E-state index in [1.165, 1.54) is 0 Å². The van der Waals surface area contributed by atoms with Crippen LogP contribution in [0.5, 0.6) is 0 Å². The van der Waals surface area contributed by atoms with Gasteiger partial charge in [0.15, 0.2) is 0 Å². The van der Waals surface area contributed by atoms with E-state index in [9.17, 15) is 0 Å². The van der Waals surface area contributed by atoms with Crippen LogP contribution >= 0.6 is 0 Å². The van der Waals surface area contributed by atoms with Gasteiger partial charge in [0.2, 0.25) is 0 Å². The number of aromatic nitrogens is 6. The second kappa shape index (κ2) is 13.9. The van der Waals surface area contributed by atoms with Gasteiger partial charge >= 0.3 is 0 Å². The van der Waals surface area contributed by atoms with Gasteiger partial charge in [-0.3, -0.25) is 19.1 Å². The Balaban J connectivity index is 0.992. The molecule has 0 N–H and O–H groups in total. The van der Waals surface area contributed by atoms with Gasteiger partial charge in [-0.15, -0.1) is 0 Å². The molecular formula is C50H32N8. The largest absolute Gasteiger partial charge is 0.292 e. The third-order valence-corrected chi connectivity index (χ3v) is 10.6. The van der Waals surface area contributed by atoms with Gasteiger partial charge in [0, 0.05) is 69.5 Å². The Labute approximate surface area is 333 Å². The van der Waals surface area contributed by atoms with Crippen LogP contribution in [0.15, 0.2) is 205 Å². The maximum atomic E-state index is 5.35. The summed E-state index contributed by atoms with van der Waals surface area (Å²) in [5, 5.41) is 0. The van der Waals surface area contributed by atoms with Gasteiger partial charge in [-0.2, -0.15) is 0 Å². The summed E-state index contributed by atoms with van der Waals surface area (Å²) in [7, 11) is 0. The second-order valence-corrected chi connectivity index (χ2v) is 14.1. The molecule has 0 spiro atoms. The number of benzene rings is 6. The highest BCUT2D eigenvalue weighted by atomic mass is 15.1. The number of nitrogens with zero attached hydrogens (tertiary/aromatic N) is 8. The quantitative estimate of drug-likeness (QED) is 0.170. The van der Waals surface area contributed by atoms with Gasteiger partial charge in [0.05, 0.1) is 44.9 Å². The first-order chi connectivity index (χ1) is 28.8. The molecule has 0 aliphatic carbocycles. The van der Waals surface area contributed by atoms with E-state index in [0.29, 0.717) is 0 Å². The van der Waals surface area contributed by atoms with Gasteiger partial charge in [-0.1, -0.05) is 109 Å². The van der Waals surface area contributed by atoms with E-state index in [1.807, 2.05) is 48.8 Å². The first-order valence-corrected chi connectivity index (χ1v) is 19.1. The molecule has 1 aliphatic rings. The molecular weight excluding hydrogens is 713 g/mol. The maximum absolute atomic E-state index is 5.35. The Morgan fingerprint density at radius 3 is 1.16 bits per heavy atom. The van der Waals surface area contributed by atoms with Crippen LogP contribution in [0.3, 0.4) is 0 Å². The number of para-hydroxylation sites is 6. The number of fused-ring (bicyclic) bond motifs is 4. The summed E-state index contributed by atoms with van der Waals surface area (Å²) in [6, 6.07) is 57.9. The minimum atomic E-state index is 0.767. The van der Waals surface area contributed by atoms with Crippen LogP contribution in [0.2, 0.25) is 0 Å². The molecule has 0 bridgehead atoms. The zero-order valence-electron chi connectivity index (χ0n) is 31.1. The van der Waals surface area contributed by atoms with Crippen LogP contribution in [0.25, 0.3) is 56.2 Å². The van der Waals surface area contributed by atoms with Crippen molar-refractivity contribution in [2.75, 3.05) is 0 Å². The number of hydrogen-bond donors (Lipinski definition) is 0. The molecule has 0 radical (unpaired) electrons. The van der Waals surface area contributed by atoms with E-state index in [4.69, 9.17) is 20.0 Å². The molecule has 10 aromatic rings. The van der Waals surface area contributed by atoms with Crippen molar-refractivity contribution < 1.29 is 0 Å². The predicted molar refractivity (Wildman–Crippen MR) is 232 cm³/mol. The Morgan fingerprint density at radius 2 is 0.724 bits per heavy atom. The van der Waals surface area contributed by atoms with E-state index in [2.05, 4.69) is 153 Å². The van der Waals surface area contributed by atoms with Crippen molar-refractivity contribution in [2.24, 2.45) is 9.98 Å². The molecule has 11 rings (SSSR count). The molecule has 58 heavy (non-hydrogen) atoms. The fourth-order valence-corrected chi connectivity index (χ4v) is 7.81. The van der Waals surface area contributed by atoms with Crippen LogP contribution in [0, 0.1) is 0 Å². The molecule has 5 heterocycles. The highest BCUT2D eigenvalue weighted by molar-refractivity contribution is 6.22. The fourth-order valence-electron chi connectivity index (χ4n) is 7.81. The summed E-state index contributed by atoms with van der Waals surface area (Å²) in [6.45, 7) is 0. The van der Waals surface area contributed by atoms with E-state index >= 15 is 0 Å². The van der Waals surface area contributed by atoms with Crippen molar-refractivity contribution in [1.29, 1.82) is 0 Å². The minimum absolute atomic E-state index is 0.767.